The smallest absolute Gasteiger partial charge is 0.348 e. The normalized spacial score (nSPS) is 15.5. The summed E-state index contributed by atoms with van der Waals surface area (Å²) in [6.07, 6.45) is 1.84. The van der Waals surface area contributed by atoms with E-state index in [4.69, 9.17) is 4.74 Å². The number of ether oxygens (including phenoxy) is 1. The topological polar surface area (TPSA) is 50.1 Å². The lowest BCUT2D eigenvalue weighted by molar-refractivity contribution is -0.138. The zero-order chi connectivity index (χ0) is 13.4. The number of rotatable bonds is 6. The quantitative estimate of drug-likeness (QED) is 0.404. The van der Waals surface area contributed by atoms with E-state index in [9.17, 15) is 10.1 Å². The fourth-order valence-corrected chi connectivity index (χ4v) is 1.85. The third-order valence-electron chi connectivity index (χ3n) is 3.17. The Labute approximate surface area is 104 Å². The summed E-state index contributed by atoms with van der Waals surface area (Å²) in [5.41, 5.74) is 1.14. The number of nitriles is 1. The van der Waals surface area contributed by atoms with Crippen molar-refractivity contribution in [3.63, 3.8) is 0 Å². The van der Waals surface area contributed by atoms with Crippen molar-refractivity contribution in [1.29, 1.82) is 5.26 Å². The molecule has 0 unspecified atom stereocenters. The molecular formula is C14H23NO2. The molecule has 0 heterocycles. The van der Waals surface area contributed by atoms with Crippen LogP contribution >= 0.6 is 0 Å². The zero-order valence-electron chi connectivity index (χ0n) is 11.5. The number of hydrogen-bond acceptors (Lipinski definition) is 3. The van der Waals surface area contributed by atoms with Crippen molar-refractivity contribution >= 4 is 5.97 Å². The largest absolute Gasteiger partial charge is 0.462 e. The first-order valence-electron chi connectivity index (χ1n) is 6.34. The van der Waals surface area contributed by atoms with Crippen molar-refractivity contribution in [3.05, 3.63) is 11.1 Å². The van der Waals surface area contributed by atoms with E-state index < -0.39 is 5.97 Å². The van der Waals surface area contributed by atoms with Gasteiger partial charge in [0.15, 0.2) is 0 Å². The second-order valence-electron chi connectivity index (χ2n) is 4.28. The van der Waals surface area contributed by atoms with E-state index in [1.807, 2.05) is 6.07 Å². The summed E-state index contributed by atoms with van der Waals surface area (Å²) in [5, 5.41) is 9.17. The minimum absolute atomic E-state index is 0.204. The lowest BCUT2D eigenvalue weighted by atomic mass is 9.83. The van der Waals surface area contributed by atoms with Gasteiger partial charge in [0.25, 0.3) is 0 Å². The molecule has 0 aromatic carbocycles. The molecule has 0 spiro atoms. The Hall–Kier alpha value is -1.30. The minimum Gasteiger partial charge on any atom is -0.462 e. The van der Waals surface area contributed by atoms with Crippen LogP contribution in [-0.4, -0.2) is 12.6 Å². The van der Waals surface area contributed by atoms with Gasteiger partial charge in [-0.2, -0.15) is 5.26 Å². The molecule has 0 rings (SSSR count). The molecule has 0 bridgehead atoms. The number of esters is 1. The predicted octanol–water partition coefficient (Wildman–Crippen LogP) is 3.46. The van der Waals surface area contributed by atoms with Crippen LogP contribution in [-0.2, 0) is 9.53 Å². The van der Waals surface area contributed by atoms with Crippen LogP contribution in [0.2, 0.25) is 0 Å². The number of allylic oxidation sites excluding steroid dienone is 1. The molecule has 0 amide bonds. The second-order valence-corrected chi connectivity index (χ2v) is 4.28. The first kappa shape index (κ1) is 15.7. The van der Waals surface area contributed by atoms with E-state index in [1.54, 1.807) is 6.92 Å². The van der Waals surface area contributed by atoms with Crippen molar-refractivity contribution in [2.24, 2.45) is 11.8 Å². The Bertz CT molecular complexity index is 314. The van der Waals surface area contributed by atoms with E-state index >= 15 is 0 Å². The van der Waals surface area contributed by atoms with Gasteiger partial charge in [-0.15, -0.1) is 0 Å². The van der Waals surface area contributed by atoms with Gasteiger partial charge in [-0.05, 0) is 37.2 Å². The van der Waals surface area contributed by atoms with E-state index in [2.05, 4.69) is 27.7 Å². The van der Waals surface area contributed by atoms with Crippen LogP contribution in [0.3, 0.4) is 0 Å². The van der Waals surface area contributed by atoms with E-state index in [-0.39, 0.29) is 17.4 Å². The van der Waals surface area contributed by atoms with Gasteiger partial charge in [-0.3, -0.25) is 0 Å². The van der Waals surface area contributed by atoms with Gasteiger partial charge in [0, 0.05) is 0 Å². The van der Waals surface area contributed by atoms with Crippen LogP contribution < -0.4 is 0 Å². The molecule has 0 aromatic heterocycles. The maximum atomic E-state index is 11.8. The first-order valence-corrected chi connectivity index (χ1v) is 6.34. The molecule has 96 valence electrons. The number of hydrogen-bond donors (Lipinski definition) is 0. The van der Waals surface area contributed by atoms with Gasteiger partial charge in [-0.25, -0.2) is 4.79 Å². The molecule has 0 aliphatic heterocycles. The summed E-state index contributed by atoms with van der Waals surface area (Å²) in [4.78, 5) is 11.8. The predicted molar refractivity (Wildman–Crippen MR) is 68.2 cm³/mol. The van der Waals surface area contributed by atoms with Gasteiger partial charge in [0.1, 0.15) is 11.6 Å². The Morgan fingerprint density at radius 2 is 1.65 bits per heavy atom. The first-order chi connectivity index (χ1) is 8.03. The zero-order valence-corrected chi connectivity index (χ0v) is 11.5. The highest BCUT2D eigenvalue weighted by molar-refractivity contribution is 5.93. The maximum Gasteiger partial charge on any atom is 0.348 e. The number of nitrogens with zero attached hydrogens (tertiary/aromatic N) is 1. The summed E-state index contributed by atoms with van der Waals surface area (Å²) >= 11 is 0. The van der Waals surface area contributed by atoms with Gasteiger partial charge in [-0.1, -0.05) is 27.7 Å². The summed E-state index contributed by atoms with van der Waals surface area (Å²) in [6.45, 7) is 10.3. The molecular weight excluding hydrogens is 214 g/mol. The second kappa shape index (κ2) is 7.89. The standard InChI is InChI=1S/C14H23NO2/c1-6-10(4)13(11(5)7-2)12(9-15)14(16)17-8-3/h10-11H,6-8H2,1-5H3/t10-,11+. The average molecular weight is 237 g/mol. The highest BCUT2D eigenvalue weighted by Crippen LogP contribution is 2.28. The molecule has 0 saturated heterocycles. The van der Waals surface area contributed by atoms with Crippen LogP contribution in [0.15, 0.2) is 11.1 Å². The molecule has 0 saturated carbocycles. The fourth-order valence-electron chi connectivity index (χ4n) is 1.85. The van der Waals surface area contributed by atoms with Crippen LogP contribution in [0.1, 0.15) is 47.5 Å². The average Bonchev–Trinajstić information content (AvgIpc) is 2.34. The van der Waals surface area contributed by atoms with Gasteiger partial charge >= 0.3 is 5.97 Å². The third-order valence-corrected chi connectivity index (χ3v) is 3.17. The highest BCUT2D eigenvalue weighted by atomic mass is 16.5. The van der Waals surface area contributed by atoms with Crippen molar-refractivity contribution in [1.82, 2.24) is 0 Å². The fraction of sp³-hybridized carbons (Fsp3) is 0.714. The van der Waals surface area contributed by atoms with E-state index in [0.717, 1.165) is 18.4 Å². The van der Waals surface area contributed by atoms with E-state index in [0.29, 0.717) is 6.61 Å². The van der Waals surface area contributed by atoms with Crippen molar-refractivity contribution in [3.8, 4) is 6.07 Å². The molecule has 0 fully saturated rings. The summed E-state index contributed by atoms with van der Waals surface area (Å²) in [6, 6.07) is 2.02. The van der Waals surface area contributed by atoms with Crippen LogP contribution in [0, 0.1) is 23.2 Å². The summed E-state index contributed by atoms with van der Waals surface area (Å²) < 4.78 is 4.95. The molecule has 0 radical (unpaired) electrons. The third kappa shape index (κ3) is 4.22. The number of carbonyl (C=O) groups excluding carboxylic acids is 1. The lowest BCUT2D eigenvalue weighted by Crippen LogP contribution is -2.16. The van der Waals surface area contributed by atoms with Gasteiger partial charge in [0.2, 0.25) is 0 Å². The maximum absolute atomic E-state index is 11.8. The molecule has 0 aliphatic rings. The molecule has 3 heteroatoms. The van der Waals surface area contributed by atoms with Crippen molar-refractivity contribution < 1.29 is 9.53 Å². The molecule has 0 aliphatic carbocycles. The Balaban J connectivity index is 5.45. The number of carbonyl (C=O) groups is 1. The highest BCUT2D eigenvalue weighted by Gasteiger charge is 2.23. The molecule has 17 heavy (non-hydrogen) atoms. The molecule has 0 aromatic rings. The van der Waals surface area contributed by atoms with Crippen LogP contribution in [0.4, 0.5) is 0 Å². The summed E-state index contributed by atoms with van der Waals surface area (Å²) in [7, 11) is 0. The molecule has 2 atom stereocenters. The van der Waals surface area contributed by atoms with Gasteiger partial charge in [0.05, 0.1) is 6.61 Å². The Morgan fingerprint density at radius 3 is 1.94 bits per heavy atom. The van der Waals surface area contributed by atoms with E-state index in [1.165, 1.54) is 0 Å². The summed E-state index contributed by atoms with van der Waals surface area (Å²) in [5.74, 6) is -0.00128. The minimum atomic E-state index is -0.481. The Kier molecular flexibility index (Phi) is 7.29. The monoisotopic (exact) mass is 237 g/mol. The molecule has 3 nitrogen and oxygen atoms in total. The van der Waals surface area contributed by atoms with Crippen molar-refractivity contribution in [2.75, 3.05) is 6.61 Å². The SMILES string of the molecule is CCOC(=O)C(C#N)=C([C@H](C)CC)[C@@H](C)CC. The molecule has 0 N–H and O–H groups in total. The van der Waals surface area contributed by atoms with Crippen molar-refractivity contribution in [2.45, 2.75) is 47.5 Å². The van der Waals surface area contributed by atoms with Crippen LogP contribution in [0.25, 0.3) is 0 Å². The lowest BCUT2D eigenvalue weighted by Gasteiger charge is -2.21. The Morgan fingerprint density at radius 1 is 1.18 bits per heavy atom. The van der Waals surface area contributed by atoms with Crippen LogP contribution in [0.5, 0.6) is 0 Å². The van der Waals surface area contributed by atoms with Gasteiger partial charge < -0.3 is 4.74 Å².